The first-order chi connectivity index (χ1) is 23.5. The molecule has 5 rings (SSSR count). The zero-order valence-electron chi connectivity index (χ0n) is 27.5. The highest BCUT2D eigenvalue weighted by Gasteiger charge is 2.31. The third-order valence-corrected chi connectivity index (χ3v) is 9.63. The fraction of sp³-hybridized carbons (Fsp3) is 0.389. The number of amides is 1. The molecule has 0 spiro atoms. The number of aromatic nitrogens is 3. The first-order valence-electron chi connectivity index (χ1n) is 16.2. The van der Waals surface area contributed by atoms with Gasteiger partial charge in [-0.3, -0.25) is 9.59 Å². The van der Waals surface area contributed by atoms with Crippen LogP contribution in [0.5, 0.6) is 0 Å². The van der Waals surface area contributed by atoms with Gasteiger partial charge in [0.1, 0.15) is 18.1 Å². The number of hydrogen-bond acceptors (Lipinski definition) is 7. The summed E-state index contributed by atoms with van der Waals surface area (Å²) >= 11 is 1.26. The van der Waals surface area contributed by atoms with Crippen LogP contribution in [0.15, 0.2) is 82.7 Å². The van der Waals surface area contributed by atoms with Crippen molar-refractivity contribution in [1.82, 2.24) is 24.6 Å². The summed E-state index contributed by atoms with van der Waals surface area (Å²) in [7, 11) is 1.67. The number of thioether (sulfide) groups is 1. The van der Waals surface area contributed by atoms with Gasteiger partial charge in [-0.05, 0) is 65.8 Å². The average molecular weight is 698 g/mol. The summed E-state index contributed by atoms with van der Waals surface area (Å²) in [5, 5.41) is 4.83. The molecule has 0 N–H and O–H groups in total. The van der Waals surface area contributed by atoms with Gasteiger partial charge < -0.3 is 14.5 Å². The Morgan fingerprint density at radius 1 is 0.959 bits per heavy atom. The van der Waals surface area contributed by atoms with E-state index in [9.17, 15) is 27.2 Å². The molecule has 0 atom stereocenters. The molecule has 1 fully saturated rings. The van der Waals surface area contributed by atoms with Gasteiger partial charge in [0.2, 0.25) is 5.91 Å². The van der Waals surface area contributed by atoms with E-state index in [-0.39, 0.29) is 30.0 Å². The van der Waals surface area contributed by atoms with E-state index in [1.165, 1.54) is 40.7 Å². The number of alkyl halides is 3. The highest BCUT2D eigenvalue weighted by molar-refractivity contribution is 7.98. The predicted molar refractivity (Wildman–Crippen MR) is 180 cm³/mol. The van der Waals surface area contributed by atoms with Gasteiger partial charge in [-0.15, -0.1) is 0 Å². The number of nitrogens with zero attached hydrogens (tertiary/aromatic N) is 5. The topological polar surface area (TPSA) is 80.6 Å². The molecule has 1 saturated heterocycles. The first-order valence-corrected chi connectivity index (χ1v) is 17.1. The lowest BCUT2D eigenvalue weighted by molar-refractivity contribution is -0.138. The molecule has 0 radical (unpaired) electrons. The Kier molecular flexibility index (Phi) is 12.2. The normalized spacial score (nSPS) is 14.2. The molecule has 49 heavy (non-hydrogen) atoms. The largest absolute Gasteiger partial charge is 0.416 e. The third-order valence-electron chi connectivity index (χ3n) is 8.59. The summed E-state index contributed by atoms with van der Waals surface area (Å²) in [6.07, 6.45) is -2.51. The van der Waals surface area contributed by atoms with Crippen molar-refractivity contribution in [3.8, 4) is 11.1 Å². The van der Waals surface area contributed by atoms with Gasteiger partial charge in [0, 0.05) is 45.1 Å². The maximum Gasteiger partial charge on any atom is 0.416 e. The SMILES string of the molecule is CCc1nn(CC(=O)N(Cc2ccc(-c3ccc(C(F)(F)F)cc3)cc2)C2CCN(CCOC)CC2)c(SCc2ccc(F)cc2)nc1=O. The lowest BCUT2D eigenvalue weighted by Crippen LogP contribution is -2.48. The average Bonchev–Trinajstić information content (AvgIpc) is 3.10. The Bertz CT molecular complexity index is 1740. The molecule has 2 heterocycles. The number of halogens is 4. The number of likely N-dealkylation sites (tertiary alicyclic amines) is 1. The zero-order valence-corrected chi connectivity index (χ0v) is 28.3. The minimum Gasteiger partial charge on any atom is -0.383 e. The fourth-order valence-corrected chi connectivity index (χ4v) is 6.66. The molecule has 0 aliphatic carbocycles. The molecular formula is C36H39F4N5O3S. The van der Waals surface area contributed by atoms with Crippen molar-refractivity contribution in [2.24, 2.45) is 0 Å². The number of ether oxygens (including phenoxy) is 1. The van der Waals surface area contributed by atoms with Crippen molar-refractivity contribution in [2.75, 3.05) is 33.4 Å². The van der Waals surface area contributed by atoms with Crippen LogP contribution in [0, 0.1) is 5.82 Å². The summed E-state index contributed by atoms with van der Waals surface area (Å²) in [6.45, 7) is 5.05. The second-order valence-corrected chi connectivity index (χ2v) is 12.9. The van der Waals surface area contributed by atoms with Gasteiger partial charge >= 0.3 is 6.18 Å². The molecule has 1 aromatic heterocycles. The summed E-state index contributed by atoms with van der Waals surface area (Å²) in [4.78, 5) is 35.3. The van der Waals surface area contributed by atoms with Crippen molar-refractivity contribution in [1.29, 1.82) is 0 Å². The van der Waals surface area contributed by atoms with E-state index in [0.717, 1.165) is 61.3 Å². The Balaban J connectivity index is 1.37. The van der Waals surface area contributed by atoms with Crippen LogP contribution >= 0.6 is 11.8 Å². The molecule has 3 aromatic carbocycles. The second kappa shape index (κ2) is 16.6. The van der Waals surface area contributed by atoms with E-state index in [4.69, 9.17) is 4.74 Å². The minimum atomic E-state index is -4.40. The zero-order chi connectivity index (χ0) is 35.0. The molecule has 4 aromatic rings. The third kappa shape index (κ3) is 9.77. The molecule has 0 saturated carbocycles. The van der Waals surface area contributed by atoms with Gasteiger partial charge in [0.15, 0.2) is 5.16 Å². The minimum absolute atomic E-state index is 0.0470. The molecule has 13 heteroatoms. The number of piperidine rings is 1. The molecule has 260 valence electrons. The van der Waals surface area contributed by atoms with Gasteiger partial charge in [-0.1, -0.05) is 67.2 Å². The number of carbonyl (C=O) groups is 1. The molecule has 1 aliphatic heterocycles. The van der Waals surface area contributed by atoms with Crippen molar-refractivity contribution in [3.05, 3.63) is 111 Å². The molecule has 1 aliphatic rings. The van der Waals surface area contributed by atoms with Gasteiger partial charge in [-0.2, -0.15) is 23.3 Å². The van der Waals surface area contributed by atoms with Crippen LogP contribution in [-0.2, 0) is 41.0 Å². The van der Waals surface area contributed by atoms with Crippen LogP contribution in [0.25, 0.3) is 11.1 Å². The number of benzene rings is 3. The van der Waals surface area contributed by atoms with E-state index in [1.54, 1.807) is 26.2 Å². The maximum atomic E-state index is 14.2. The van der Waals surface area contributed by atoms with E-state index < -0.39 is 17.3 Å². The smallest absolute Gasteiger partial charge is 0.383 e. The van der Waals surface area contributed by atoms with E-state index in [2.05, 4.69) is 15.0 Å². The molecular weight excluding hydrogens is 658 g/mol. The van der Waals surface area contributed by atoms with Gasteiger partial charge in [-0.25, -0.2) is 9.07 Å². The Morgan fingerprint density at radius 2 is 1.57 bits per heavy atom. The predicted octanol–water partition coefficient (Wildman–Crippen LogP) is 6.46. The first kappa shape index (κ1) is 36.2. The van der Waals surface area contributed by atoms with Gasteiger partial charge in [0.05, 0.1) is 12.2 Å². The number of methoxy groups -OCH3 is 1. The van der Waals surface area contributed by atoms with Crippen molar-refractivity contribution >= 4 is 17.7 Å². The van der Waals surface area contributed by atoms with E-state index in [0.29, 0.717) is 36.0 Å². The Hall–Kier alpha value is -4.07. The second-order valence-electron chi connectivity index (χ2n) is 11.9. The molecule has 8 nitrogen and oxygen atoms in total. The van der Waals surface area contributed by atoms with Crippen LogP contribution in [0.3, 0.4) is 0 Å². The fourth-order valence-electron chi connectivity index (χ4n) is 5.77. The summed E-state index contributed by atoms with van der Waals surface area (Å²) in [5.41, 5.74) is 2.24. The van der Waals surface area contributed by atoms with Crippen LogP contribution in [-0.4, -0.2) is 69.9 Å². The van der Waals surface area contributed by atoms with Crippen molar-refractivity contribution in [2.45, 2.75) is 62.4 Å². The summed E-state index contributed by atoms with van der Waals surface area (Å²) in [5.74, 6) is -0.115. The summed E-state index contributed by atoms with van der Waals surface area (Å²) < 4.78 is 59.3. The van der Waals surface area contributed by atoms with Crippen molar-refractivity contribution < 1.29 is 27.1 Å². The maximum absolute atomic E-state index is 14.2. The van der Waals surface area contributed by atoms with Crippen LogP contribution in [0.4, 0.5) is 17.6 Å². The Morgan fingerprint density at radius 3 is 2.16 bits per heavy atom. The highest BCUT2D eigenvalue weighted by atomic mass is 32.2. The van der Waals surface area contributed by atoms with Crippen LogP contribution < -0.4 is 5.56 Å². The quantitative estimate of drug-likeness (QED) is 0.117. The number of rotatable bonds is 13. The van der Waals surface area contributed by atoms with Gasteiger partial charge in [0.25, 0.3) is 5.56 Å². The van der Waals surface area contributed by atoms with E-state index in [1.807, 2.05) is 29.2 Å². The van der Waals surface area contributed by atoms with Crippen LogP contribution in [0.1, 0.15) is 42.1 Å². The standard InChI is InChI=1S/C36H39F4N5O3S/c1-3-32-34(47)41-35(49-24-26-6-14-30(37)15-7-26)45(42-32)23-33(46)44(31-16-18-43(19-17-31)20-21-48-2)22-25-4-8-27(9-5-25)28-10-12-29(13-11-28)36(38,39)40/h4-15,31H,3,16-24H2,1-2H3. The van der Waals surface area contributed by atoms with Crippen LogP contribution in [0.2, 0.25) is 0 Å². The number of hydrogen-bond donors (Lipinski definition) is 0. The highest BCUT2D eigenvalue weighted by Crippen LogP contribution is 2.31. The molecule has 0 unspecified atom stereocenters. The lowest BCUT2D eigenvalue weighted by atomic mass is 10.00. The monoisotopic (exact) mass is 697 g/mol. The molecule has 0 bridgehead atoms. The summed E-state index contributed by atoms with van der Waals surface area (Å²) in [6, 6.07) is 18.5. The number of aryl methyl sites for hydroxylation is 1. The number of carbonyl (C=O) groups excluding carboxylic acids is 1. The van der Waals surface area contributed by atoms with E-state index >= 15 is 0 Å². The lowest BCUT2D eigenvalue weighted by Gasteiger charge is -2.38. The van der Waals surface area contributed by atoms with Crippen molar-refractivity contribution in [3.63, 3.8) is 0 Å². The molecule has 1 amide bonds. The Labute approximate surface area is 287 Å².